The van der Waals surface area contributed by atoms with E-state index in [0.717, 1.165) is 50.6 Å². The Morgan fingerprint density at radius 3 is 2.58 bits per heavy atom. The van der Waals surface area contributed by atoms with Crippen molar-refractivity contribution in [3.05, 3.63) is 89.8 Å². The average molecular weight is 530 g/mol. The summed E-state index contributed by atoms with van der Waals surface area (Å²) in [6, 6.07) is 19.1. The van der Waals surface area contributed by atoms with Crippen LogP contribution in [0.15, 0.2) is 79.3 Å². The van der Waals surface area contributed by atoms with Crippen LogP contribution in [0.1, 0.15) is 12.0 Å². The first-order valence-corrected chi connectivity index (χ1v) is 13.1. The fourth-order valence-corrected chi connectivity index (χ4v) is 5.40. The number of amides is 2. The van der Waals surface area contributed by atoms with Crippen molar-refractivity contribution in [3.8, 4) is 17.3 Å². The number of carbonyl (C=O) groups is 1. The molecule has 2 fully saturated rings. The number of aromatic nitrogens is 4. The molecule has 2 aliphatic rings. The topological polar surface area (TPSA) is 88.4 Å². The van der Waals surface area contributed by atoms with Gasteiger partial charge in [0.15, 0.2) is 5.82 Å². The van der Waals surface area contributed by atoms with Crippen molar-refractivity contribution < 1.29 is 9.53 Å². The van der Waals surface area contributed by atoms with Crippen molar-refractivity contribution in [1.29, 1.82) is 0 Å². The van der Waals surface area contributed by atoms with Gasteiger partial charge >= 0.3 is 6.03 Å². The number of piperidine rings is 1. The van der Waals surface area contributed by atoms with Gasteiger partial charge < -0.3 is 15.0 Å². The van der Waals surface area contributed by atoms with Crippen LogP contribution in [-0.2, 0) is 6.54 Å². The molecule has 194 valence electrons. The minimum absolute atomic E-state index is 0.0789. The predicted octanol–water partition coefficient (Wildman–Crippen LogP) is 5.09. The molecular weight excluding hydrogens is 502 g/mol. The van der Waals surface area contributed by atoms with E-state index in [9.17, 15) is 4.79 Å². The SMILES string of the molecule is O=C(Nc1ccc(-n2nccn2)nc1)N1C[C@@H]2CCN(Cc3cccc(Oc4ccc(Cl)cc4)c3)C[C@H]2C1. The van der Waals surface area contributed by atoms with Crippen LogP contribution in [0.25, 0.3) is 5.82 Å². The van der Waals surface area contributed by atoms with Crippen molar-refractivity contribution in [2.75, 3.05) is 31.5 Å². The first-order valence-electron chi connectivity index (χ1n) is 12.7. The Hall–Kier alpha value is -3.95. The van der Waals surface area contributed by atoms with Crippen molar-refractivity contribution in [2.45, 2.75) is 13.0 Å². The minimum atomic E-state index is -0.0789. The molecular formula is C28H28ClN7O2. The lowest BCUT2D eigenvalue weighted by Gasteiger charge is -2.34. The second-order valence-electron chi connectivity index (χ2n) is 9.81. The first kappa shape index (κ1) is 24.4. The Balaban J connectivity index is 1.02. The van der Waals surface area contributed by atoms with Crippen LogP contribution in [0, 0.1) is 11.8 Å². The third-order valence-electron chi connectivity index (χ3n) is 7.15. The highest BCUT2D eigenvalue weighted by molar-refractivity contribution is 6.30. The standard InChI is InChI=1S/C28H28ClN7O2/c29-23-4-7-25(8-5-23)38-26-3-1-2-20(14-26)16-34-13-10-21-18-35(19-22(21)17-34)28(37)33-24-6-9-27(30-15-24)36-31-11-12-32-36/h1-9,11-12,14-15,21-22H,10,13,16-19H2,(H,33,37)/t21-,22-/m0/s1. The van der Waals surface area contributed by atoms with E-state index < -0.39 is 0 Å². The van der Waals surface area contributed by atoms with Gasteiger partial charge in [-0.15, -0.1) is 4.80 Å². The lowest BCUT2D eigenvalue weighted by atomic mass is 9.88. The number of nitrogens with one attached hydrogen (secondary N) is 1. The van der Waals surface area contributed by atoms with Crippen LogP contribution < -0.4 is 10.1 Å². The van der Waals surface area contributed by atoms with Crippen molar-refractivity contribution >= 4 is 23.3 Å². The van der Waals surface area contributed by atoms with E-state index >= 15 is 0 Å². The van der Waals surface area contributed by atoms with Crippen LogP contribution in [-0.4, -0.2) is 62.0 Å². The Kier molecular flexibility index (Phi) is 6.94. The third-order valence-corrected chi connectivity index (χ3v) is 7.40. The van der Waals surface area contributed by atoms with Gasteiger partial charge in [-0.05, 0) is 78.9 Å². The zero-order valence-electron chi connectivity index (χ0n) is 20.8. The highest BCUT2D eigenvalue weighted by Gasteiger charge is 2.38. The number of pyridine rings is 1. The van der Waals surface area contributed by atoms with E-state index in [2.05, 4.69) is 37.5 Å². The normalized spacial score (nSPS) is 19.2. The predicted molar refractivity (Wildman–Crippen MR) is 145 cm³/mol. The van der Waals surface area contributed by atoms with E-state index in [1.807, 2.05) is 47.4 Å². The molecule has 9 nitrogen and oxygen atoms in total. The quantitative estimate of drug-likeness (QED) is 0.374. The molecule has 0 aliphatic carbocycles. The maximum Gasteiger partial charge on any atom is 0.321 e. The molecule has 4 aromatic rings. The molecule has 0 unspecified atom stereocenters. The number of halogens is 1. The number of nitrogens with zero attached hydrogens (tertiary/aromatic N) is 6. The summed E-state index contributed by atoms with van der Waals surface area (Å²) < 4.78 is 6.01. The summed E-state index contributed by atoms with van der Waals surface area (Å²) in [5.41, 5.74) is 1.87. The van der Waals surface area contributed by atoms with Gasteiger partial charge in [0.2, 0.25) is 0 Å². The number of fused-ring (bicyclic) bond motifs is 1. The lowest BCUT2D eigenvalue weighted by molar-refractivity contribution is 0.142. The minimum Gasteiger partial charge on any atom is -0.457 e. The zero-order chi connectivity index (χ0) is 25.9. The zero-order valence-corrected chi connectivity index (χ0v) is 21.5. The first-order chi connectivity index (χ1) is 18.6. The number of benzene rings is 2. The molecule has 38 heavy (non-hydrogen) atoms. The molecule has 6 rings (SSSR count). The molecule has 2 aliphatic heterocycles. The molecule has 0 radical (unpaired) electrons. The van der Waals surface area contributed by atoms with Crippen LogP contribution in [0.5, 0.6) is 11.5 Å². The molecule has 4 heterocycles. The summed E-state index contributed by atoms with van der Waals surface area (Å²) in [5.74, 6) is 3.17. The number of hydrogen-bond donors (Lipinski definition) is 1. The number of urea groups is 1. The number of likely N-dealkylation sites (tertiary alicyclic amines) is 2. The number of rotatable bonds is 6. The van der Waals surface area contributed by atoms with Gasteiger partial charge in [0.05, 0.1) is 24.3 Å². The summed E-state index contributed by atoms with van der Waals surface area (Å²) in [4.78, 5) is 23.2. The Labute approximate surface area is 226 Å². The molecule has 2 aromatic carbocycles. The van der Waals surface area contributed by atoms with Crippen LogP contribution in [0.3, 0.4) is 0 Å². The fraction of sp³-hybridized carbons (Fsp3) is 0.286. The lowest BCUT2D eigenvalue weighted by Crippen LogP contribution is -2.39. The van der Waals surface area contributed by atoms with E-state index in [4.69, 9.17) is 16.3 Å². The largest absolute Gasteiger partial charge is 0.457 e. The van der Waals surface area contributed by atoms with Crippen molar-refractivity contribution in [1.82, 2.24) is 29.8 Å². The molecule has 0 saturated carbocycles. The number of ether oxygens (including phenoxy) is 1. The molecule has 2 atom stereocenters. The molecule has 1 N–H and O–H groups in total. The molecule has 2 aromatic heterocycles. The number of hydrogen-bond acceptors (Lipinski definition) is 6. The van der Waals surface area contributed by atoms with Crippen LogP contribution in [0.4, 0.5) is 10.5 Å². The summed E-state index contributed by atoms with van der Waals surface area (Å²) in [6.45, 7) is 4.40. The fourth-order valence-electron chi connectivity index (χ4n) is 5.27. The second kappa shape index (κ2) is 10.8. The molecule has 10 heteroatoms. The highest BCUT2D eigenvalue weighted by Crippen LogP contribution is 2.32. The average Bonchev–Trinajstić information content (AvgIpc) is 3.61. The highest BCUT2D eigenvalue weighted by atomic mass is 35.5. The Morgan fingerprint density at radius 2 is 1.79 bits per heavy atom. The second-order valence-corrected chi connectivity index (χ2v) is 10.2. The van der Waals surface area contributed by atoms with Crippen molar-refractivity contribution in [2.24, 2.45) is 11.8 Å². The smallest absolute Gasteiger partial charge is 0.321 e. The van der Waals surface area contributed by atoms with Crippen LogP contribution in [0.2, 0.25) is 5.02 Å². The van der Waals surface area contributed by atoms with Gasteiger partial charge in [-0.2, -0.15) is 10.2 Å². The van der Waals surface area contributed by atoms with Gasteiger partial charge in [-0.3, -0.25) is 4.90 Å². The Morgan fingerprint density at radius 1 is 0.974 bits per heavy atom. The number of carbonyl (C=O) groups excluding carboxylic acids is 1. The van der Waals surface area contributed by atoms with Gasteiger partial charge in [0.25, 0.3) is 0 Å². The summed E-state index contributed by atoms with van der Waals surface area (Å²) in [6.07, 6.45) is 5.91. The molecule has 2 saturated heterocycles. The Bertz CT molecular complexity index is 1380. The van der Waals surface area contributed by atoms with E-state index in [-0.39, 0.29) is 6.03 Å². The summed E-state index contributed by atoms with van der Waals surface area (Å²) in [7, 11) is 0. The summed E-state index contributed by atoms with van der Waals surface area (Å²) >= 11 is 5.98. The van der Waals surface area contributed by atoms with E-state index in [0.29, 0.717) is 28.4 Å². The summed E-state index contributed by atoms with van der Waals surface area (Å²) in [5, 5.41) is 11.8. The molecule has 2 amide bonds. The third kappa shape index (κ3) is 5.64. The monoisotopic (exact) mass is 529 g/mol. The number of anilines is 1. The molecule has 0 bridgehead atoms. The molecule has 0 spiro atoms. The van der Waals surface area contributed by atoms with Crippen molar-refractivity contribution in [3.63, 3.8) is 0 Å². The van der Waals surface area contributed by atoms with E-state index in [1.165, 1.54) is 10.4 Å². The maximum atomic E-state index is 13.0. The van der Waals surface area contributed by atoms with Gasteiger partial charge in [0, 0.05) is 31.2 Å². The van der Waals surface area contributed by atoms with Crippen LogP contribution >= 0.6 is 11.6 Å². The van der Waals surface area contributed by atoms with Gasteiger partial charge in [-0.25, -0.2) is 9.78 Å². The van der Waals surface area contributed by atoms with Gasteiger partial charge in [0.1, 0.15) is 11.5 Å². The van der Waals surface area contributed by atoms with Gasteiger partial charge in [-0.1, -0.05) is 23.7 Å². The maximum absolute atomic E-state index is 13.0. The van der Waals surface area contributed by atoms with E-state index in [1.54, 1.807) is 24.7 Å².